The lowest BCUT2D eigenvalue weighted by Gasteiger charge is -2.18. The van der Waals surface area contributed by atoms with E-state index < -0.39 is 0 Å². The Kier molecular flexibility index (Phi) is 6.49. The van der Waals surface area contributed by atoms with Crippen LogP contribution in [0.25, 0.3) is 6.08 Å². The number of carbonyl (C=O) groups is 1. The van der Waals surface area contributed by atoms with Crippen LogP contribution in [-0.4, -0.2) is 37.6 Å². The molecule has 5 nitrogen and oxygen atoms in total. The molecule has 5 heteroatoms. The van der Waals surface area contributed by atoms with Gasteiger partial charge in [0.1, 0.15) is 13.2 Å². The first-order chi connectivity index (χ1) is 13.1. The summed E-state index contributed by atoms with van der Waals surface area (Å²) in [5.41, 5.74) is 3.25. The van der Waals surface area contributed by atoms with Crippen LogP contribution in [0.1, 0.15) is 23.6 Å². The second-order valence-corrected chi connectivity index (χ2v) is 6.60. The van der Waals surface area contributed by atoms with Crippen LogP contribution in [0.4, 0.5) is 0 Å². The molecule has 142 valence electrons. The summed E-state index contributed by atoms with van der Waals surface area (Å²) < 4.78 is 11.1. The van der Waals surface area contributed by atoms with Gasteiger partial charge in [0, 0.05) is 19.2 Å². The van der Waals surface area contributed by atoms with E-state index in [1.807, 2.05) is 30.3 Å². The van der Waals surface area contributed by atoms with Gasteiger partial charge in [-0.05, 0) is 48.5 Å². The smallest absolute Gasteiger partial charge is 0.244 e. The van der Waals surface area contributed by atoms with Crippen LogP contribution in [0.2, 0.25) is 0 Å². The molecule has 1 heterocycles. The van der Waals surface area contributed by atoms with Crippen molar-refractivity contribution in [2.45, 2.75) is 20.0 Å². The molecule has 1 aliphatic heterocycles. The molecule has 0 aliphatic carbocycles. The Labute approximate surface area is 160 Å². The summed E-state index contributed by atoms with van der Waals surface area (Å²) in [5, 5.41) is 2.93. The molecule has 1 aliphatic rings. The minimum absolute atomic E-state index is 0.124. The third-order valence-electron chi connectivity index (χ3n) is 4.44. The molecule has 27 heavy (non-hydrogen) atoms. The average molecular weight is 366 g/mol. The Bertz CT molecular complexity index is 817. The highest BCUT2D eigenvalue weighted by molar-refractivity contribution is 5.91. The van der Waals surface area contributed by atoms with Gasteiger partial charge in [-0.2, -0.15) is 0 Å². The van der Waals surface area contributed by atoms with Gasteiger partial charge >= 0.3 is 0 Å². The summed E-state index contributed by atoms with van der Waals surface area (Å²) in [7, 11) is 2.09. The molecule has 0 saturated heterocycles. The van der Waals surface area contributed by atoms with Gasteiger partial charge < -0.3 is 19.7 Å². The third kappa shape index (κ3) is 5.59. The maximum atomic E-state index is 12.1. The van der Waals surface area contributed by atoms with E-state index >= 15 is 0 Å². The zero-order chi connectivity index (χ0) is 19.1. The maximum Gasteiger partial charge on any atom is 0.244 e. The maximum absolute atomic E-state index is 12.1. The van der Waals surface area contributed by atoms with E-state index in [0.717, 1.165) is 35.7 Å². The SMILES string of the molecule is CCN(C)Cc1cccc(CNC(=O)/C=C/c2ccc3c(c2)OCCO3)c1. The third-order valence-corrected chi connectivity index (χ3v) is 4.44. The van der Waals surface area contributed by atoms with Gasteiger partial charge in [-0.15, -0.1) is 0 Å². The van der Waals surface area contributed by atoms with Crippen molar-refractivity contribution < 1.29 is 14.3 Å². The minimum Gasteiger partial charge on any atom is -0.486 e. The van der Waals surface area contributed by atoms with E-state index in [9.17, 15) is 4.79 Å². The van der Waals surface area contributed by atoms with E-state index in [2.05, 4.69) is 36.3 Å². The average Bonchev–Trinajstić information content (AvgIpc) is 2.70. The van der Waals surface area contributed by atoms with Crippen LogP contribution in [0.3, 0.4) is 0 Å². The fourth-order valence-corrected chi connectivity index (χ4v) is 2.85. The van der Waals surface area contributed by atoms with Crippen LogP contribution in [0.15, 0.2) is 48.5 Å². The second kappa shape index (κ2) is 9.24. The highest BCUT2D eigenvalue weighted by Gasteiger charge is 2.10. The van der Waals surface area contributed by atoms with Gasteiger partial charge in [-0.3, -0.25) is 4.79 Å². The summed E-state index contributed by atoms with van der Waals surface area (Å²) in [5.74, 6) is 1.34. The molecule has 0 aromatic heterocycles. The molecule has 0 saturated carbocycles. The normalized spacial score (nSPS) is 13.1. The number of nitrogens with one attached hydrogen (secondary N) is 1. The van der Waals surface area contributed by atoms with Crippen molar-refractivity contribution in [1.29, 1.82) is 0 Å². The van der Waals surface area contributed by atoms with E-state index in [1.165, 1.54) is 5.56 Å². The number of hydrogen-bond donors (Lipinski definition) is 1. The van der Waals surface area contributed by atoms with E-state index in [4.69, 9.17) is 9.47 Å². The second-order valence-electron chi connectivity index (χ2n) is 6.60. The van der Waals surface area contributed by atoms with E-state index in [-0.39, 0.29) is 5.91 Å². The molecule has 0 atom stereocenters. The zero-order valence-corrected chi connectivity index (χ0v) is 15.9. The van der Waals surface area contributed by atoms with Gasteiger partial charge in [0.2, 0.25) is 5.91 Å². The summed E-state index contributed by atoms with van der Waals surface area (Å²) in [6.07, 6.45) is 3.32. The van der Waals surface area contributed by atoms with Crippen LogP contribution in [0.5, 0.6) is 11.5 Å². The Morgan fingerprint density at radius 2 is 1.89 bits per heavy atom. The highest BCUT2D eigenvalue weighted by Crippen LogP contribution is 2.31. The molecule has 0 radical (unpaired) electrons. The van der Waals surface area contributed by atoms with Crippen molar-refractivity contribution in [3.8, 4) is 11.5 Å². The predicted octanol–water partition coefficient (Wildman–Crippen LogP) is 3.24. The summed E-state index contributed by atoms with van der Waals surface area (Å²) >= 11 is 0. The van der Waals surface area contributed by atoms with Crippen LogP contribution in [0, 0.1) is 0 Å². The Morgan fingerprint density at radius 1 is 1.11 bits per heavy atom. The van der Waals surface area contributed by atoms with Crippen molar-refractivity contribution in [3.63, 3.8) is 0 Å². The monoisotopic (exact) mass is 366 g/mol. The lowest BCUT2D eigenvalue weighted by atomic mass is 10.1. The quantitative estimate of drug-likeness (QED) is 0.765. The number of ether oxygens (including phenoxy) is 2. The van der Waals surface area contributed by atoms with Crippen molar-refractivity contribution in [2.75, 3.05) is 26.8 Å². The van der Waals surface area contributed by atoms with Gasteiger partial charge in [0.05, 0.1) is 0 Å². The van der Waals surface area contributed by atoms with Gasteiger partial charge in [0.15, 0.2) is 11.5 Å². The molecule has 2 aromatic carbocycles. The number of carbonyl (C=O) groups excluding carboxylic acids is 1. The zero-order valence-electron chi connectivity index (χ0n) is 15.9. The van der Waals surface area contributed by atoms with Crippen molar-refractivity contribution in [2.24, 2.45) is 0 Å². The molecule has 0 bridgehead atoms. The van der Waals surface area contributed by atoms with Gasteiger partial charge in [-0.25, -0.2) is 0 Å². The molecule has 1 N–H and O–H groups in total. The molecular weight excluding hydrogens is 340 g/mol. The topological polar surface area (TPSA) is 50.8 Å². The fourth-order valence-electron chi connectivity index (χ4n) is 2.85. The Balaban J connectivity index is 1.54. The number of benzene rings is 2. The van der Waals surface area contributed by atoms with Gasteiger partial charge in [0.25, 0.3) is 0 Å². The number of hydrogen-bond acceptors (Lipinski definition) is 4. The first-order valence-electron chi connectivity index (χ1n) is 9.26. The minimum atomic E-state index is -0.124. The number of rotatable bonds is 7. The van der Waals surface area contributed by atoms with Crippen molar-refractivity contribution in [3.05, 3.63) is 65.2 Å². The lowest BCUT2D eigenvalue weighted by Crippen LogP contribution is -2.20. The lowest BCUT2D eigenvalue weighted by molar-refractivity contribution is -0.116. The van der Waals surface area contributed by atoms with Crippen LogP contribution < -0.4 is 14.8 Å². The molecule has 0 spiro atoms. The predicted molar refractivity (Wildman–Crippen MR) is 107 cm³/mol. The molecular formula is C22H26N2O3. The van der Waals surface area contributed by atoms with Crippen LogP contribution in [-0.2, 0) is 17.9 Å². The Hall–Kier alpha value is -2.79. The number of amides is 1. The van der Waals surface area contributed by atoms with E-state index in [1.54, 1.807) is 12.2 Å². The molecule has 0 unspecified atom stereocenters. The summed E-state index contributed by atoms with van der Waals surface area (Å²) in [4.78, 5) is 14.4. The summed E-state index contributed by atoms with van der Waals surface area (Å²) in [6.45, 7) is 5.67. The molecule has 0 fully saturated rings. The number of nitrogens with zero attached hydrogens (tertiary/aromatic N) is 1. The summed E-state index contributed by atoms with van der Waals surface area (Å²) in [6, 6.07) is 14.0. The molecule has 3 rings (SSSR count). The van der Waals surface area contributed by atoms with Crippen molar-refractivity contribution in [1.82, 2.24) is 10.2 Å². The van der Waals surface area contributed by atoms with E-state index in [0.29, 0.717) is 19.8 Å². The molecule has 2 aromatic rings. The fraction of sp³-hybridized carbons (Fsp3) is 0.318. The van der Waals surface area contributed by atoms with Crippen molar-refractivity contribution >= 4 is 12.0 Å². The largest absolute Gasteiger partial charge is 0.486 e. The molecule has 1 amide bonds. The number of fused-ring (bicyclic) bond motifs is 1. The highest BCUT2D eigenvalue weighted by atomic mass is 16.6. The first kappa shape index (κ1) is 19.0. The standard InChI is InChI=1S/C22H26N2O3/c1-3-24(2)16-19-6-4-5-18(13-19)15-23-22(25)10-8-17-7-9-20-21(14-17)27-12-11-26-20/h4-10,13-14H,3,11-12,15-16H2,1-2H3,(H,23,25)/b10-8+. The van der Waals surface area contributed by atoms with Crippen LogP contribution >= 0.6 is 0 Å². The van der Waals surface area contributed by atoms with Gasteiger partial charge in [-0.1, -0.05) is 37.3 Å². The first-order valence-corrected chi connectivity index (χ1v) is 9.26. The Morgan fingerprint density at radius 3 is 2.70 bits per heavy atom.